The van der Waals surface area contributed by atoms with Crippen LogP contribution in [0.1, 0.15) is 42.3 Å². The average Bonchev–Trinajstić information content (AvgIpc) is 3.25. The van der Waals surface area contributed by atoms with Gasteiger partial charge in [-0.3, -0.25) is 0 Å². The molecule has 0 amide bonds. The molecule has 0 saturated heterocycles. The van der Waals surface area contributed by atoms with Crippen LogP contribution >= 0.6 is 0 Å². The molecule has 4 rings (SSSR count). The summed E-state index contributed by atoms with van der Waals surface area (Å²) in [5, 5.41) is 6.98. The fraction of sp³-hybridized carbons (Fsp3) is 0.269. The van der Waals surface area contributed by atoms with E-state index in [1.54, 1.807) is 32.4 Å². The summed E-state index contributed by atoms with van der Waals surface area (Å²) < 4.78 is 45.6. The van der Waals surface area contributed by atoms with Gasteiger partial charge in [-0.1, -0.05) is 50.2 Å². The van der Waals surface area contributed by atoms with Gasteiger partial charge in [0.1, 0.15) is 0 Å². The summed E-state index contributed by atoms with van der Waals surface area (Å²) >= 11 is 0. The standard InChI is InChI=1S/C26H26F3N5O/c1-16(2)20-7-5-6-8-21(20)24-31-15-22(35-4)25(32-24)30-14-18-9-11-19(12-10-18)34-17(3)13-23(33-34)26(27,28)29/h5-13,15-16H,14H2,1-4H3,(H,30,31,32). The molecule has 0 atom stereocenters. The van der Waals surface area contributed by atoms with Gasteiger partial charge in [0.25, 0.3) is 0 Å². The molecule has 35 heavy (non-hydrogen) atoms. The molecule has 1 N–H and O–H groups in total. The van der Waals surface area contributed by atoms with Crippen LogP contribution in [0.25, 0.3) is 17.1 Å². The zero-order chi connectivity index (χ0) is 25.2. The zero-order valence-corrected chi connectivity index (χ0v) is 19.9. The molecule has 0 bridgehead atoms. The second kappa shape index (κ2) is 9.77. The quantitative estimate of drug-likeness (QED) is 0.331. The number of alkyl halides is 3. The number of aryl methyl sites for hydroxylation is 1. The van der Waals surface area contributed by atoms with Crippen molar-refractivity contribution >= 4 is 5.82 Å². The third kappa shape index (κ3) is 5.29. The fourth-order valence-corrected chi connectivity index (χ4v) is 3.80. The van der Waals surface area contributed by atoms with Gasteiger partial charge in [0.15, 0.2) is 23.1 Å². The molecule has 0 spiro atoms. The molecule has 4 aromatic rings. The van der Waals surface area contributed by atoms with E-state index < -0.39 is 11.9 Å². The predicted octanol–water partition coefficient (Wildman–Crippen LogP) is 6.40. The van der Waals surface area contributed by atoms with Crippen molar-refractivity contribution in [3.05, 3.63) is 83.3 Å². The fourth-order valence-electron chi connectivity index (χ4n) is 3.80. The molecule has 2 heterocycles. The molecule has 0 aliphatic rings. The number of methoxy groups -OCH3 is 1. The predicted molar refractivity (Wildman–Crippen MR) is 129 cm³/mol. The molecule has 0 unspecified atom stereocenters. The van der Waals surface area contributed by atoms with Crippen molar-refractivity contribution in [2.45, 2.75) is 39.4 Å². The third-order valence-corrected chi connectivity index (χ3v) is 5.62. The number of benzene rings is 2. The summed E-state index contributed by atoms with van der Waals surface area (Å²) in [5.74, 6) is 1.98. The van der Waals surface area contributed by atoms with Crippen molar-refractivity contribution in [2.75, 3.05) is 12.4 Å². The number of hydrogen-bond donors (Lipinski definition) is 1. The lowest BCUT2D eigenvalue weighted by Crippen LogP contribution is -2.08. The van der Waals surface area contributed by atoms with Crippen LogP contribution in [0.15, 0.2) is 60.8 Å². The van der Waals surface area contributed by atoms with Crippen molar-refractivity contribution in [3.8, 4) is 22.8 Å². The Balaban J connectivity index is 1.54. The average molecular weight is 482 g/mol. The molecule has 0 radical (unpaired) electrons. The molecule has 0 aliphatic carbocycles. The first kappa shape index (κ1) is 24.3. The number of anilines is 1. The lowest BCUT2D eigenvalue weighted by Gasteiger charge is -2.15. The van der Waals surface area contributed by atoms with Crippen LogP contribution in [-0.4, -0.2) is 26.9 Å². The maximum atomic E-state index is 13.0. The normalized spacial score (nSPS) is 11.7. The summed E-state index contributed by atoms with van der Waals surface area (Å²) in [6.07, 6.45) is -2.84. The van der Waals surface area contributed by atoms with Crippen LogP contribution in [-0.2, 0) is 12.7 Å². The number of hydrogen-bond acceptors (Lipinski definition) is 5. The van der Waals surface area contributed by atoms with E-state index >= 15 is 0 Å². The SMILES string of the molecule is COc1cnc(-c2ccccc2C(C)C)nc1NCc1ccc(-n2nc(C(F)(F)F)cc2C)cc1. The number of nitrogens with zero attached hydrogens (tertiary/aromatic N) is 4. The van der Waals surface area contributed by atoms with Gasteiger partial charge in [-0.2, -0.15) is 18.3 Å². The highest BCUT2D eigenvalue weighted by molar-refractivity contribution is 5.64. The lowest BCUT2D eigenvalue weighted by molar-refractivity contribution is -0.141. The Morgan fingerprint density at radius 1 is 1.06 bits per heavy atom. The summed E-state index contributed by atoms with van der Waals surface area (Å²) in [6.45, 7) is 6.28. The largest absolute Gasteiger partial charge is 0.491 e. The molecule has 0 saturated carbocycles. The van der Waals surface area contributed by atoms with Crippen molar-refractivity contribution in [1.82, 2.24) is 19.7 Å². The Labute approximate surface area is 201 Å². The summed E-state index contributed by atoms with van der Waals surface area (Å²) in [5.41, 5.74) is 3.08. The van der Waals surface area contributed by atoms with Gasteiger partial charge < -0.3 is 10.1 Å². The topological polar surface area (TPSA) is 64.9 Å². The van der Waals surface area contributed by atoms with Crippen LogP contribution in [0.5, 0.6) is 5.75 Å². The van der Waals surface area contributed by atoms with Crippen LogP contribution in [0.4, 0.5) is 19.0 Å². The number of halogens is 3. The van der Waals surface area contributed by atoms with E-state index in [4.69, 9.17) is 9.72 Å². The van der Waals surface area contributed by atoms with E-state index in [-0.39, 0.29) is 0 Å². The van der Waals surface area contributed by atoms with E-state index in [1.807, 2.05) is 30.3 Å². The zero-order valence-electron chi connectivity index (χ0n) is 19.9. The summed E-state index contributed by atoms with van der Waals surface area (Å²) in [7, 11) is 1.56. The molecule has 0 aliphatic heterocycles. The minimum atomic E-state index is -4.48. The number of aromatic nitrogens is 4. The summed E-state index contributed by atoms with van der Waals surface area (Å²) in [4.78, 5) is 9.19. The van der Waals surface area contributed by atoms with E-state index in [1.165, 1.54) is 4.68 Å². The smallest absolute Gasteiger partial charge is 0.435 e. The molecule has 0 fully saturated rings. The second-order valence-corrected chi connectivity index (χ2v) is 8.45. The van der Waals surface area contributed by atoms with E-state index in [9.17, 15) is 13.2 Å². The van der Waals surface area contributed by atoms with Crippen molar-refractivity contribution in [1.29, 1.82) is 0 Å². The summed E-state index contributed by atoms with van der Waals surface area (Å²) in [6, 6.07) is 16.2. The second-order valence-electron chi connectivity index (χ2n) is 8.45. The van der Waals surface area contributed by atoms with Crippen LogP contribution in [0, 0.1) is 6.92 Å². The molecule has 2 aromatic heterocycles. The molecule has 6 nitrogen and oxygen atoms in total. The van der Waals surface area contributed by atoms with E-state index in [0.717, 1.165) is 22.8 Å². The minimum absolute atomic E-state index is 0.317. The van der Waals surface area contributed by atoms with Gasteiger partial charge in [0, 0.05) is 17.8 Å². The maximum absolute atomic E-state index is 13.0. The minimum Gasteiger partial charge on any atom is -0.491 e. The Kier molecular flexibility index (Phi) is 6.77. The third-order valence-electron chi connectivity index (χ3n) is 5.62. The van der Waals surface area contributed by atoms with Crippen molar-refractivity contribution in [2.24, 2.45) is 0 Å². The highest BCUT2D eigenvalue weighted by atomic mass is 19.4. The van der Waals surface area contributed by atoms with Gasteiger partial charge in [-0.05, 0) is 42.2 Å². The molecule has 182 valence electrons. The van der Waals surface area contributed by atoms with E-state index in [0.29, 0.717) is 41.2 Å². The lowest BCUT2D eigenvalue weighted by atomic mass is 9.97. The first-order chi connectivity index (χ1) is 16.7. The number of ether oxygens (including phenoxy) is 1. The molecular formula is C26H26F3N5O. The Morgan fingerprint density at radius 3 is 2.40 bits per heavy atom. The van der Waals surface area contributed by atoms with Crippen molar-refractivity contribution < 1.29 is 17.9 Å². The molecule has 2 aromatic carbocycles. The molecular weight excluding hydrogens is 455 g/mol. The molecule has 9 heteroatoms. The number of nitrogens with one attached hydrogen (secondary N) is 1. The van der Waals surface area contributed by atoms with Crippen molar-refractivity contribution in [3.63, 3.8) is 0 Å². The van der Waals surface area contributed by atoms with E-state index in [2.05, 4.69) is 35.3 Å². The monoisotopic (exact) mass is 481 g/mol. The Hall–Kier alpha value is -3.88. The van der Waals surface area contributed by atoms with Gasteiger partial charge in [0.05, 0.1) is 19.0 Å². The van der Waals surface area contributed by atoms with Gasteiger partial charge >= 0.3 is 6.18 Å². The first-order valence-electron chi connectivity index (χ1n) is 11.1. The van der Waals surface area contributed by atoms with Gasteiger partial charge in [-0.25, -0.2) is 14.6 Å². The Bertz CT molecular complexity index is 1310. The first-order valence-corrected chi connectivity index (χ1v) is 11.1. The van der Waals surface area contributed by atoms with Gasteiger partial charge in [-0.15, -0.1) is 0 Å². The van der Waals surface area contributed by atoms with Crippen LogP contribution in [0.3, 0.4) is 0 Å². The highest BCUT2D eigenvalue weighted by Crippen LogP contribution is 2.31. The maximum Gasteiger partial charge on any atom is 0.435 e. The van der Waals surface area contributed by atoms with Crippen LogP contribution in [0.2, 0.25) is 0 Å². The van der Waals surface area contributed by atoms with Gasteiger partial charge in [0.2, 0.25) is 0 Å². The van der Waals surface area contributed by atoms with Crippen LogP contribution < -0.4 is 10.1 Å². The number of rotatable bonds is 7. The highest BCUT2D eigenvalue weighted by Gasteiger charge is 2.34. The Morgan fingerprint density at radius 2 is 1.77 bits per heavy atom.